The summed E-state index contributed by atoms with van der Waals surface area (Å²) >= 11 is 0. The molecule has 2 atom stereocenters. The van der Waals surface area contributed by atoms with Crippen molar-refractivity contribution >= 4 is 5.95 Å². The van der Waals surface area contributed by atoms with Crippen LogP contribution in [0.5, 0.6) is 5.88 Å². The van der Waals surface area contributed by atoms with E-state index in [-0.39, 0.29) is 0 Å². The maximum Gasteiger partial charge on any atom is 0.226 e. The normalized spacial score (nSPS) is 20.7. The molecule has 0 saturated carbocycles. The highest BCUT2D eigenvalue weighted by Gasteiger charge is 2.22. The minimum absolute atomic E-state index is 0.309. The number of hydrogen-bond donors (Lipinski definition) is 1. The maximum absolute atomic E-state index is 5.42. The van der Waals surface area contributed by atoms with Gasteiger partial charge in [0.25, 0.3) is 0 Å². The van der Waals surface area contributed by atoms with Crippen LogP contribution in [0, 0.1) is 12.8 Å². The fourth-order valence-corrected chi connectivity index (χ4v) is 2.09. The molecule has 0 radical (unpaired) electrons. The zero-order valence-electron chi connectivity index (χ0n) is 11.3. The van der Waals surface area contributed by atoms with Gasteiger partial charge in [-0.1, -0.05) is 0 Å². The van der Waals surface area contributed by atoms with Gasteiger partial charge in [0.2, 0.25) is 11.8 Å². The zero-order chi connectivity index (χ0) is 13.0. The van der Waals surface area contributed by atoms with E-state index in [2.05, 4.69) is 22.2 Å². The summed E-state index contributed by atoms with van der Waals surface area (Å²) < 4.78 is 10.8. The monoisotopic (exact) mass is 251 g/mol. The van der Waals surface area contributed by atoms with Crippen LogP contribution in [0.3, 0.4) is 0 Å². The van der Waals surface area contributed by atoms with Gasteiger partial charge in [-0.15, -0.1) is 0 Å². The lowest BCUT2D eigenvalue weighted by molar-refractivity contribution is 0.183. The minimum atomic E-state index is 0.309. The quantitative estimate of drug-likeness (QED) is 0.867. The first-order valence-electron chi connectivity index (χ1n) is 6.51. The highest BCUT2D eigenvalue weighted by Crippen LogP contribution is 2.20. The van der Waals surface area contributed by atoms with Gasteiger partial charge in [-0.3, -0.25) is 0 Å². The molecule has 0 aromatic carbocycles. The minimum Gasteiger partial charge on any atom is -0.478 e. The first kappa shape index (κ1) is 13.1. The number of nitrogens with zero attached hydrogens (tertiary/aromatic N) is 2. The van der Waals surface area contributed by atoms with Crippen LogP contribution in [0.2, 0.25) is 0 Å². The van der Waals surface area contributed by atoms with Gasteiger partial charge in [0.1, 0.15) is 0 Å². The standard InChI is InChI=1S/C13H21N3O2/c1-4-18-12-7-9(2)14-13(16-12)15-10(3)11-5-6-17-8-11/h7,10-11H,4-6,8H2,1-3H3,(H,14,15,16). The van der Waals surface area contributed by atoms with Crippen LogP contribution < -0.4 is 10.1 Å². The van der Waals surface area contributed by atoms with E-state index < -0.39 is 0 Å². The molecule has 100 valence electrons. The van der Waals surface area contributed by atoms with Gasteiger partial charge >= 0.3 is 0 Å². The van der Waals surface area contributed by atoms with Gasteiger partial charge in [0.15, 0.2) is 0 Å². The number of rotatable bonds is 5. The Hall–Kier alpha value is -1.36. The maximum atomic E-state index is 5.42. The van der Waals surface area contributed by atoms with Crippen LogP contribution in [0.15, 0.2) is 6.07 Å². The molecule has 1 aliphatic rings. The summed E-state index contributed by atoms with van der Waals surface area (Å²) in [7, 11) is 0. The van der Waals surface area contributed by atoms with Gasteiger partial charge in [-0.2, -0.15) is 4.98 Å². The molecular weight excluding hydrogens is 230 g/mol. The van der Waals surface area contributed by atoms with Gasteiger partial charge in [-0.05, 0) is 27.2 Å². The molecule has 2 heterocycles. The van der Waals surface area contributed by atoms with E-state index in [9.17, 15) is 0 Å². The van der Waals surface area contributed by atoms with E-state index in [0.717, 1.165) is 25.3 Å². The van der Waals surface area contributed by atoms with Crippen molar-refractivity contribution < 1.29 is 9.47 Å². The summed E-state index contributed by atoms with van der Waals surface area (Å²) in [6, 6.07) is 2.15. The Morgan fingerprint density at radius 2 is 2.39 bits per heavy atom. The third-order valence-corrected chi connectivity index (χ3v) is 3.15. The molecule has 1 fully saturated rings. The Balaban J connectivity index is 2.03. The number of hydrogen-bond acceptors (Lipinski definition) is 5. The summed E-state index contributed by atoms with van der Waals surface area (Å²) in [5.74, 6) is 1.80. The number of anilines is 1. The van der Waals surface area contributed by atoms with Crippen LogP contribution in [-0.4, -0.2) is 35.8 Å². The molecule has 1 aromatic heterocycles. The second kappa shape index (κ2) is 6.00. The Labute approximate surface area is 108 Å². The molecule has 5 nitrogen and oxygen atoms in total. The first-order valence-corrected chi connectivity index (χ1v) is 6.51. The van der Waals surface area contributed by atoms with Crippen molar-refractivity contribution in [2.75, 3.05) is 25.1 Å². The largest absolute Gasteiger partial charge is 0.478 e. The van der Waals surface area contributed by atoms with Crippen molar-refractivity contribution in [1.29, 1.82) is 0 Å². The molecule has 1 saturated heterocycles. The van der Waals surface area contributed by atoms with Crippen molar-refractivity contribution in [2.24, 2.45) is 5.92 Å². The number of aromatic nitrogens is 2. The topological polar surface area (TPSA) is 56.3 Å². The van der Waals surface area contributed by atoms with Gasteiger partial charge < -0.3 is 14.8 Å². The highest BCUT2D eigenvalue weighted by atomic mass is 16.5. The Morgan fingerprint density at radius 3 is 3.06 bits per heavy atom. The second-order valence-electron chi connectivity index (χ2n) is 4.66. The summed E-state index contributed by atoms with van der Waals surface area (Å²) in [6.45, 7) is 8.32. The molecule has 1 aromatic rings. The lowest BCUT2D eigenvalue weighted by Crippen LogP contribution is -2.27. The molecule has 5 heteroatoms. The Bertz CT molecular complexity index is 392. The molecule has 0 amide bonds. The van der Waals surface area contributed by atoms with Crippen LogP contribution in [0.25, 0.3) is 0 Å². The average molecular weight is 251 g/mol. The SMILES string of the molecule is CCOc1cc(C)nc(NC(C)C2CCOC2)n1. The van der Waals surface area contributed by atoms with E-state index in [1.807, 2.05) is 19.9 Å². The molecular formula is C13H21N3O2. The molecule has 0 spiro atoms. The summed E-state index contributed by atoms with van der Waals surface area (Å²) in [6.07, 6.45) is 1.10. The number of ether oxygens (including phenoxy) is 2. The van der Waals surface area contributed by atoms with Gasteiger partial charge in [0, 0.05) is 30.3 Å². The zero-order valence-corrected chi connectivity index (χ0v) is 11.3. The van der Waals surface area contributed by atoms with Crippen molar-refractivity contribution in [2.45, 2.75) is 33.2 Å². The van der Waals surface area contributed by atoms with E-state index in [1.165, 1.54) is 0 Å². The van der Waals surface area contributed by atoms with Crippen molar-refractivity contribution in [3.05, 3.63) is 11.8 Å². The number of nitrogens with one attached hydrogen (secondary N) is 1. The molecule has 1 N–H and O–H groups in total. The smallest absolute Gasteiger partial charge is 0.226 e. The summed E-state index contributed by atoms with van der Waals surface area (Å²) in [4.78, 5) is 8.73. The average Bonchev–Trinajstić information content (AvgIpc) is 2.81. The summed E-state index contributed by atoms with van der Waals surface area (Å²) in [5, 5.41) is 3.34. The van der Waals surface area contributed by atoms with Crippen LogP contribution in [0.1, 0.15) is 26.0 Å². The van der Waals surface area contributed by atoms with Crippen LogP contribution in [0.4, 0.5) is 5.95 Å². The Morgan fingerprint density at radius 1 is 1.56 bits per heavy atom. The molecule has 1 aliphatic heterocycles. The van der Waals surface area contributed by atoms with E-state index in [1.54, 1.807) is 0 Å². The van der Waals surface area contributed by atoms with Crippen LogP contribution in [-0.2, 0) is 4.74 Å². The third-order valence-electron chi connectivity index (χ3n) is 3.15. The first-order chi connectivity index (χ1) is 8.69. The third kappa shape index (κ3) is 3.32. The predicted molar refractivity (Wildman–Crippen MR) is 69.9 cm³/mol. The lowest BCUT2D eigenvalue weighted by atomic mass is 10.0. The second-order valence-corrected chi connectivity index (χ2v) is 4.66. The van der Waals surface area contributed by atoms with Crippen molar-refractivity contribution in [3.8, 4) is 5.88 Å². The highest BCUT2D eigenvalue weighted by molar-refractivity contribution is 5.31. The van der Waals surface area contributed by atoms with Crippen molar-refractivity contribution in [1.82, 2.24) is 9.97 Å². The molecule has 2 rings (SSSR count). The van der Waals surface area contributed by atoms with E-state index in [0.29, 0.717) is 30.4 Å². The van der Waals surface area contributed by atoms with Crippen molar-refractivity contribution in [3.63, 3.8) is 0 Å². The predicted octanol–water partition coefficient (Wildman–Crippen LogP) is 2.02. The van der Waals surface area contributed by atoms with Gasteiger partial charge in [0.05, 0.1) is 13.2 Å². The summed E-state index contributed by atoms with van der Waals surface area (Å²) in [5.41, 5.74) is 0.908. The van der Waals surface area contributed by atoms with E-state index in [4.69, 9.17) is 9.47 Å². The fourth-order valence-electron chi connectivity index (χ4n) is 2.09. The van der Waals surface area contributed by atoms with Crippen LogP contribution >= 0.6 is 0 Å². The lowest BCUT2D eigenvalue weighted by Gasteiger charge is -2.19. The molecule has 18 heavy (non-hydrogen) atoms. The molecule has 0 aliphatic carbocycles. The van der Waals surface area contributed by atoms with Gasteiger partial charge in [-0.25, -0.2) is 4.98 Å². The fraction of sp³-hybridized carbons (Fsp3) is 0.692. The Kier molecular flexibility index (Phi) is 4.36. The number of aryl methyl sites for hydroxylation is 1. The molecule has 0 bridgehead atoms. The van der Waals surface area contributed by atoms with E-state index >= 15 is 0 Å². The molecule has 2 unspecified atom stereocenters.